The van der Waals surface area contributed by atoms with Crippen LogP contribution in [0, 0.1) is 6.92 Å². The van der Waals surface area contributed by atoms with Gasteiger partial charge in [0.15, 0.2) is 0 Å². The largest absolute Gasteiger partial charge is 0.352 e. The highest BCUT2D eigenvalue weighted by Gasteiger charge is 2.17. The number of hydrogen-bond donors (Lipinski definition) is 2. The van der Waals surface area contributed by atoms with Crippen molar-refractivity contribution in [3.63, 3.8) is 0 Å². The normalized spacial score (nSPS) is 13.8. The molecule has 0 aliphatic heterocycles. The number of fused-ring (bicyclic) bond motifs is 1. The third-order valence-electron chi connectivity index (χ3n) is 4.88. The molecule has 0 unspecified atom stereocenters. The summed E-state index contributed by atoms with van der Waals surface area (Å²) in [6, 6.07) is 13.3. The Morgan fingerprint density at radius 1 is 1.00 bits per heavy atom. The van der Waals surface area contributed by atoms with Gasteiger partial charge < -0.3 is 5.32 Å². The van der Waals surface area contributed by atoms with Crippen molar-refractivity contribution in [2.45, 2.75) is 50.5 Å². The van der Waals surface area contributed by atoms with Crippen LogP contribution in [-0.2, 0) is 34.2 Å². The summed E-state index contributed by atoms with van der Waals surface area (Å²) in [6.45, 7) is 2.53. The molecular formula is C21H26N2O3S. The van der Waals surface area contributed by atoms with Crippen LogP contribution in [0.1, 0.15) is 41.5 Å². The van der Waals surface area contributed by atoms with Gasteiger partial charge in [0.2, 0.25) is 15.9 Å². The second kappa shape index (κ2) is 8.67. The molecule has 0 aromatic heterocycles. The minimum Gasteiger partial charge on any atom is -0.352 e. The minimum atomic E-state index is -3.59. The summed E-state index contributed by atoms with van der Waals surface area (Å²) in [7, 11) is -3.59. The summed E-state index contributed by atoms with van der Waals surface area (Å²) in [5.74, 6) is -0.177. The molecule has 27 heavy (non-hydrogen) atoms. The first kappa shape index (κ1) is 19.6. The smallest absolute Gasteiger partial charge is 0.240 e. The van der Waals surface area contributed by atoms with Crippen molar-refractivity contribution in [1.82, 2.24) is 10.0 Å². The Morgan fingerprint density at radius 3 is 2.44 bits per heavy atom. The van der Waals surface area contributed by atoms with Crippen LogP contribution in [0.3, 0.4) is 0 Å². The molecule has 1 amide bonds. The summed E-state index contributed by atoms with van der Waals surface area (Å²) in [4.78, 5) is 12.2. The fraction of sp³-hybridized carbons (Fsp3) is 0.381. The van der Waals surface area contributed by atoms with Crippen LogP contribution in [0.4, 0.5) is 0 Å². The summed E-state index contributed by atoms with van der Waals surface area (Å²) < 4.78 is 27.5. The van der Waals surface area contributed by atoms with Crippen molar-refractivity contribution < 1.29 is 13.2 Å². The second-order valence-corrected chi connectivity index (χ2v) is 8.81. The van der Waals surface area contributed by atoms with Crippen molar-refractivity contribution in [3.05, 3.63) is 64.7 Å². The van der Waals surface area contributed by atoms with Gasteiger partial charge in [-0.15, -0.1) is 0 Å². The zero-order chi connectivity index (χ0) is 19.3. The molecule has 2 aromatic carbocycles. The lowest BCUT2D eigenvalue weighted by Crippen LogP contribution is -2.30. The Labute approximate surface area is 161 Å². The van der Waals surface area contributed by atoms with E-state index in [1.54, 1.807) is 12.1 Å². The molecule has 0 atom stereocenters. The van der Waals surface area contributed by atoms with E-state index >= 15 is 0 Å². The van der Waals surface area contributed by atoms with Gasteiger partial charge in [-0.3, -0.25) is 4.79 Å². The van der Waals surface area contributed by atoms with Gasteiger partial charge in [0, 0.05) is 19.5 Å². The predicted molar refractivity (Wildman–Crippen MR) is 106 cm³/mol. The van der Waals surface area contributed by atoms with E-state index in [4.69, 9.17) is 0 Å². The summed E-state index contributed by atoms with van der Waals surface area (Å²) in [5, 5.41) is 2.81. The number of benzene rings is 2. The Morgan fingerprint density at radius 2 is 1.70 bits per heavy atom. The van der Waals surface area contributed by atoms with Crippen LogP contribution in [0.15, 0.2) is 47.4 Å². The van der Waals surface area contributed by atoms with E-state index in [1.165, 1.54) is 11.1 Å². The Hall–Kier alpha value is -2.18. The molecule has 0 radical (unpaired) electrons. The van der Waals surface area contributed by atoms with E-state index in [2.05, 4.69) is 10.0 Å². The SMILES string of the molecule is Cc1ccc(CNC(=O)CCNS(=O)(=O)c2ccc3c(c2)CCCC3)cc1. The van der Waals surface area contributed by atoms with Gasteiger partial charge in [-0.05, 0) is 61.4 Å². The Balaban J connectivity index is 1.48. The lowest BCUT2D eigenvalue weighted by Gasteiger charge is -2.16. The van der Waals surface area contributed by atoms with Gasteiger partial charge in [0.25, 0.3) is 0 Å². The van der Waals surface area contributed by atoms with Gasteiger partial charge in [-0.1, -0.05) is 35.9 Å². The van der Waals surface area contributed by atoms with Gasteiger partial charge in [0.05, 0.1) is 4.90 Å². The number of rotatable bonds is 7. The first-order valence-corrected chi connectivity index (χ1v) is 10.9. The molecule has 0 spiro atoms. The molecule has 0 saturated carbocycles. The van der Waals surface area contributed by atoms with Crippen LogP contribution in [0.2, 0.25) is 0 Å². The molecule has 144 valence electrons. The minimum absolute atomic E-state index is 0.0825. The number of nitrogens with one attached hydrogen (secondary N) is 2. The summed E-state index contributed by atoms with van der Waals surface area (Å²) in [5.41, 5.74) is 4.56. The molecule has 2 aromatic rings. The van der Waals surface area contributed by atoms with Crippen LogP contribution in [0.25, 0.3) is 0 Å². The molecule has 5 nitrogen and oxygen atoms in total. The standard InChI is InChI=1S/C21H26N2O3S/c1-16-6-8-17(9-7-16)15-22-21(24)12-13-23-27(25,26)20-11-10-18-4-2-3-5-19(18)14-20/h6-11,14,23H,2-5,12-13,15H2,1H3,(H,22,24). The molecule has 0 saturated heterocycles. The van der Waals surface area contributed by atoms with Gasteiger partial charge in [-0.2, -0.15) is 0 Å². The average molecular weight is 387 g/mol. The van der Waals surface area contributed by atoms with E-state index in [-0.39, 0.29) is 23.8 Å². The summed E-state index contributed by atoms with van der Waals surface area (Å²) in [6.07, 6.45) is 4.32. The zero-order valence-corrected chi connectivity index (χ0v) is 16.4. The average Bonchev–Trinajstić information content (AvgIpc) is 2.67. The fourth-order valence-electron chi connectivity index (χ4n) is 3.25. The Kier molecular flexibility index (Phi) is 6.29. The van der Waals surface area contributed by atoms with Crippen molar-refractivity contribution in [1.29, 1.82) is 0 Å². The van der Waals surface area contributed by atoms with Crippen molar-refractivity contribution in [3.8, 4) is 0 Å². The number of amides is 1. The van der Waals surface area contributed by atoms with Crippen LogP contribution in [0.5, 0.6) is 0 Å². The van der Waals surface area contributed by atoms with E-state index in [0.29, 0.717) is 6.54 Å². The maximum atomic E-state index is 12.5. The molecule has 0 heterocycles. The quantitative estimate of drug-likeness (QED) is 0.768. The Bertz CT molecular complexity index is 906. The number of aryl methyl sites for hydroxylation is 3. The summed E-state index contributed by atoms with van der Waals surface area (Å²) >= 11 is 0. The molecule has 0 fully saturated rings. The predicted octanol–water partition coefficient (Wildman–Crippen LogP) is 2.86. The van der Waals surface area contributed by atoms with Gasteiger partial charge in [0.1, 0.15) is 0 Å². The molecule has 3 rings (SSSR count). The van der Waals surface area contributed by atoms with Crippen LogP contribution < -0.4 is 10.0 Å². The first-order chi connectivity index (χ1) is 12.9. The molecule has 6 heteroatoms. The highest BCUT2D eigenvalue weighted by atomic mass is 32.2. The van der Waals surface area contributed by atoms with E-state index in [9.17, 15) is 13.2 Å². The van der Waals surface area contributed by atoms with Crippen LogP contribution in [-0.4, -0.2) is 20.9 Å². The number of hydrogen-bond acceptors (Lipinski definition) is 3. The van der Waals surface area contributed by atoms with Crippen molar-refractivity contribution in [2.75, 3.05) is 6.54 Å². The van der Waals surface area contributed by atoms with E-state index < -0.39 is 10.0 Å². The van der Waals surface area contributed by atoms with Crippen LogP contribution >= 0.6 is 0 Å². The second-order valence-electron chi connectivity index (χ2n) is 7.05. The van der Waals surface area contributed by atoms with E-state index in [1.807, 2.05) is 37.3 Å². The van der Waals surface area contributed by atoms with Crippen molar-refractivity contribution in [2.24, 2.45) is 0 Å². The zero-order valence-electron chi connectivity index (χ0n) is 15.6. The maximum Gasteiger partial charge on any atom is 0.240 e. The molecule has 1 aliphatic carbocycles. The molecule has 2 N–H and O–H groups in total. The van der Waals surface area contributed by atoms with Crippen molar-refractivity contribution >= 4 is 15.9 Å². The third-order valence-corrected chi connectivity index (χ3v) is 6.34. The third kappa shape index (κ3) is 5.40. The number of carbonyl (C=O) groups is 1. The fourth-order valence-corrected chi connectivity index (χ4v) is 4.34. The number of sulfonamides is 1. The lowest BCUT2D eigenvalue weighted by atomic mass is 9.92. The monoisotopic (exact) mass is 386 g/mol. The highest BCUT2D eigenvalue weighted by Crippen LogP contribution is 2.24. The van der Waals surface area contributed by atoms with Gasteiger partial charge >= 0.3 is 0 Å². The molecule has 1 aliphatic rings. The lowest BCUT2D eigenvalue weighted by molar-refractivity contribution is -0.121. The maximum absolute atomic E-state index is 12.5. The first-order valence-electron chi connectivity index (χ1n) is 9.38. The van der Waals surface area contributed by atoms with E-state index in [0.717, 1.165) is 36.8 Å². The topological polar surface area (TPSA) is 75.3 Å². The molecular weight excluding hydrogens is 360 g/mol. The van der Waals surface area contributed by atoms with Gasteiger partial charge in [-0.25, -0.2) is 13.1 Å². The highest BCUT2D eigenvalue weighted by molar-refractivity contribution is 7.89. The molecule has 0 bridgehead atoms. The number of carbonyl (C=O) groups excluding carboxylic acids is 1.